The molecule has 4 nitrogen and oxygen atoms in total. The van der Waals surface area contributed by atoms with E-state index in [1.54, 1.807) is 18.9 Å². The second kappa shape index (κ2) is 12.0. The van der Waals surface area contributed by atoms with Crippen LogP contribution in [0.25, 0.3) is 0 Å². The third kappa shape index (κ3) is 7.20. The standard InChI is InChI=1S/C25H29NO3S/c1-5-9-22(17-25(27)28)21-12-14-23(15-13-21)29-18-20-10-8-11-24(16-20)30-26(7-3)19(4)6-2/h6,8,10-16,22H,7,17-18H2,1-4H3,(H,27,28)/b19-6+. The Morgan fingerprint density at radius 3 is 2.60 bits per heavy atom. The molecule has 0 radical (unpaired) electrons. The first-order valence-electron chi connectivity index (χ1n) is 10.0. The van der Waals surface area contributed by atoms with Crippen molar-refractivity contribution in [3.05, 3.63) is 71.4 Å². The van der Waals surface area contributed by atoms with Crippen LogP contribution in [0.1, 0.15) is 51.2 Å². The number of carbonyl (C=O) groups is 1. The zero-order valence-corrected chi connectivity index (χ0v) is 18.8. The zero-order valence-electron chi connectivity index (χ0n) is 18.0. The van der Waals surface area contributed by atoms with E-state index in [0.717, 1.165) is 23.4 Å². The average Bonchev–Trinajstić information content (AvgIpc) is 2.75. The maximum Gasteiger partial charge on any atom is 0.304 e. The average molecular weight is 424 g/mol. The highest BCUT2D eigenvalue weighted by atomic mass is 32.2. The van der Waals surface area contributed by atoms with Crippen LogP contribution in [0.5, 0.6) is 5.75 Å². The molecule has 30 heavy (non-hydrogen) atoms. The molecular weight excluding hydrogens is 394 g/mol. The van der Waals surface area contributed by atoms with Gasteiger partial charge in [0.15, 0.2) is 0 Å². The number of aliphatic carboxylic acids is 1. The largest absolute Gasteiger partial charge is 0.489 e. The van der Waals surface area contributed by atoms with Crippen LogP contribution < -0.4 is 4.74 Å². The predicted octanol–water partition coefficient (Wildman–Crippen LogP) is 6.10. The van der Waals surface area contributed by atoms with Crippen LogP contribution in [-0.4, -0.2) is 21.9 Å². The number of hydrogen-bond donors (Lipinski definition) is 1. The summed E-state index contributed by atoms with van der Waals surface area (Å²) in [4.78, 5) is 12.2. The van der Waals surface area contributed by atoms with E-state index >= 15 is 0 Å². The van der Waals surface area contributed by atoms with Crippen LogP contribution >= 0.6 is 11.9 Å². The summed E-state index contributed by atoms with van der Waals surface area (Å²) in [5.41, 5.74) is 3.22. The zero-order chi connectivity index (χ0) is 21.9. The van der Waals surface area contributed by atoms with Gasteiger partial charge in [0.25, 0.3) is 0 Å². The van der Waals surface area contributed by atoms with E-state index in [0.29, 0.717) is 6.61 Å². The van der Waals surface area contributed by atoms with Gasteiger partial charge in [-0.05, 0) is 75.0 Å². The normalized spacial score (nSPS) is 11.9. The Labute approximate surface area is 184 Å². The molecule has 0 amide bonds. The van der Waals surface area contributed by atoms with Crippen molar-refractivity contribution in [3.63, 3.8) is 0 Å². The van der Waals surface area contributed by atoms with Gasteiger partial charge in [0, 0.05) is 17.1 Å². The second-order valence-corrected chi connectivity index (χ2v) is 7.86. The molecule has 5 heteroatoms. The molecule has 0 bridgehead atoms. The lowest BCUT2D eigenvalue weighted by atomic mass is 9.96. The molecule has 1 unspecified atom stereocenters. The van der Waals surface area contributed by atoms with Gasteiger partial charge in [-0.2, -0.15) is 0 Å². The van der Waals surface area contributed by atoms with Gasteiger partial charge in [-0.1, -0.05) is 36.3 Å². The molecule has 2 rings (SSSR count). The van der Waals surface area contributed by atoms with Crippen molar-refractivity contribution < 1.29 is 14.6 Å². The first kappa shape index (κ1) is 23.4. The number of allylic oxidation sites excluding steroid dienone is 2. The molecule has 0 saturated heterocycles. The van der Waals surface area contributed by atoms with Crippen LogP contribution in [0, 0.1) is 11.8 Å². The molecule has 2 aromatic rings. The highest BCUT2D eigenvalue weighted by Gasteiger charge is 2.13. The van der Waals surface area contributed by atoms with Crippen molar-refractivity contribution in [2.45, 2.75) is 51.5 Å². The van der Waals surface area contributed by atoms with Crippen molar-refractivity contribution in [3.8, 4) is 17.6 Å². The summed E-state index contributed by atoms with van der Waals surface area (Å²) in [6.07, 6.45) is 2.10. The van der Waals surface area contributed by atoms with Crippen molar-refractivity contribution in [1.82, 2.24) is 4.31 Å². The molecule has 2 aromatic carbocycles. The Hall–Kier alpha value is -2.84. The molecule has 0 saturated carbocycles. The fraction of sp³-hybridized carbons (Fsp3) is 0.320. The first-order chi connectivity index (χ1) is 14.5. The summed E-state index contributed by atoms with van der Waals surface area (Å²) in [5, 5.41) is 9.07. The second-order valence-electron chi connectivity index (χ2n) is 6.77. The molecule has 0 aliphatic carbocycles. The summed E-state index contributed by atoms with van der Waals surface area (Å²) in [6.45, 7) is 9.42. The fourth-order valence-corrected chi connectivity index (χ4v) is 3.89. The van der Waals surface area contributed by atoms with Crippen molar-refractivity contribution in [1.29, 1.82) is 0 Å². The van der Waals surface area contributed by atoms with Crippen LogP contribution in [-0.2, 0) is 11.4 Å². The highest BCUT2D eigenvalue weighted by Crippen LogP contribution is 2.27. The third-order valence-electron chi connectivity index (χ3n) is 4.60. The van der Waals surface area contributed by atoms with Crippen molar-refractivity contribution >= 4 is 17.9 Å². The molecule has 0 heterocycles. The van der Waals surface area contributed by atoms with Gasteiger partial charge in [0.2, 0.25) is 0 Å². The maximum atomic E-state index is 11.1. The van der Waals surface area contributed by atoms with Crippen LogP contribution in [0.15, 0.2) is 65.2 Å². The van der Waals surface area contributed by atoms with Gasteiger partial charge in [-0.3, -0.25) is 4.79 Å². The van der Waals surface area contributed by atoms with Crippen LogP contribution in [0.3, 0.4) is 0 Å². The number of carboxylic acids is 1. The summed E-state index contributed by atoms with van der Waals surface area (Å²) in [7, 11) is 0. The monoisotopic (exact) mass is 423 g/mol. The molecule has 1 N–H and O–H groups in total. The molecule has 158 valence electrons. The van der Waals surface area contributed by atoms with E-state index < -0.39 is 5.97 Å². The first-order valence-corrected chi connectivity index (χ1v) is 10.8. The Balaban J connectivity index is 2.01. The molecule has 0 aliphatic heterocycles. The number of ether oxygens (including phenoxy) is 1. The lowest BCUT2D eigenvalue weighted by Crippen LogP contribution is -2.12. The molecule has 0 aliphatic rings. The molecule has 0 aromatic heterocycles. The molecule has 0 spiro atoms. The highest BCUT2D eigenvalue weighted by molar-refractivity contribution is 7.97. The quantitative estimate of drug-likeness (QED) is 0.370. The van der Waals surface area contributed by atoms with Crippen LogP contribution in [0.4, 0.5) is 0 Å². The summed E-state index contributed by atoms with van der Waals surface area (Å²) >= 11 is 1.72. The Bertz CT molecular complexity index is 925. The van der Waals surface area contributed by atoms with Crippen LogP contribution in [0.2, 0.25) is 0 Å². The number of hydrogen-bond acceptors (Lipinski definition) is 4. The summed E-state index contributed by atoms with van der Waals surface area (Å²) in [6, 6.07) is 15.9. The number of benzene rings is 2. The van der Waals surface area contributed by atoms with Gasteiger partial charge in [0.05, 0.1) is 12.3 Å². The minimum atomic E-state index is -0.855. The van der Waals surface area contributed by atoms with Crippen molar-refractivity contribution in [2.75, 3.05) is 6.54 Å². The van der Waals surface area contributed by atoms with E-state index in [-0.39, 0.29) is 12.3 Å². The fourth-order valence-electron chi connectivity index (χ4n) is 2.91. The number of nitrogens with zero attached hydrogens (tertiary/aromatic N) is 1. The molecule has 0 fully saturated rings. The minimum absolute atomic E-state index is 0.00697. The SMILES string of the molecule is CC#CC(CC(=O)O)c1ccc(OCc2cccc(SN(CC)/C(C)=C/C)c2)cc1. The molecule has 1 atom stereocenters. The van der Waals surface area contributed by atoms with Gasteiger partial charge in [-0.15, -0.1) is 5.92 Å². The smallest absolute Gasteiger partial charge is 0.304 e. The Kier molecular flexibility index (Phi) is 9.37. The Morgan fingerprint density at radius 2 is 2.00 bits per heavy atom. The van der Waals surface area contributed by atoms with E-state index in [2.05, 4.69) is 54.3 Å². The maximum absolute atomic E-state index is 11.1. The van der Waals surface area contributed by atoms with E-state index in [1.165, 1.54) is 10.6 Å². The predicted molar refractivity (Wildman–Crippen MR) is 123 cm³/mol. The van der Waals surface area contributed by atoms with Gasteiger partial charge in [-0.25, -0.2) is 0 Å². The summed E-state index contributed by atoms with van der Waals surface area (Å²) in [5.74, 6) is 5.36. The number of carboxylic acid groups (broad SMARTS) is 1. The lowest BCUT2D eigenvalue weighted by Gasteiger charge is -2.22. The van der Waals surface area contributed by atoms with E-state index in [9.17, 15) is 4.79 Å². The molecular formula is C25H29NO3S. The minimum Gasteiger partial charge on any atom is -0.489 e. The number of rotatable bonds is 10. The summed E-state index contributed by atoms with van der Waals surface area (Å²) < 4.78 is 8.19. The lowest BCUT2D eigenvalue weighted by molar-refractivity contribution is -0.137. The Morgan fingerprint density at radius 1 is 1.27 bits per heavy atom. The topological polar surface area (TPSA) is 49.8 Å². The van der Waals surface area contributed by atoms with Gasteiger partial charge >= 0.3 is 5.97 Å². The van der Waals surface area contributed by atoms with Gasteiger partial charge in [0.1, 0.15) is 12.4 Å². The van der Waals surface area contributed by atoms with Gasteiger partial charge < -0.3 is 14.1 Å². The van der Waals surface area contributed by atoms with E-state index in [4.69, 9.17) is 9.84 Å². The van der Waals surface area contributed by atoms with E-state index in [1.807, 2.05) is 37.3 Å². The third-order valence-corrected chi connectivity index (χ3v) is 5.83. The van der Waals surface area contributed by atoms with Crippen molar-refractivity contribution in [2.24, 2.45) is 0 Å².